The van der Waals surface area contributed by atoms with Gasteiger partial charge in [-0.15, -0.1) is 0 Å². The molecule has 3 aromatic rings. The highest BCUT2D eigenvalue weighted by Crippen LogP contribution is 2.19. The highest BCUT2D eigenvalue weighted by Gasteiger charge is 2.08. The van der Waals surface area contributed by atoms with E-state index in [0.717, 1.165) is 11.4 Å². The second kappa shape index (κ2) is 7.49. The van der Waals surface area contributed by atoms with Gasteiger partial charge in [-0.3, -0.25) is 4.79 Å². The number of pyridine rings is 1. The van der Waals surface area contributed by atoms with Crippen molar-refractivity contribution < 1.29 is 4.79 Å². The molecule has 2 aromatic carbocycles. The Balaban J connectivity index is 1.69. The Labute approximate surface area is 152 Å². The number of aryl methyl sites for hydroxylation is 2. The maximum absolute atomic E-state index is 12.3. The van der Waals surface area contributed by atoms with Crippen LogP contribution in [0, 0.1) is 25.2 Å². The Morgan fingerprint density at radius 3 is 2.46 bits per heavy atom. The number of anilines is 3. The quantitative estimate of drug-likeness (QED) is 0.728. The molecule has 0 unspecified atom stereocenters. The van der Waals surface area contributed by atoms with Crippen molar-refractivity contribution in [3.63, 3.8) is 0 Å². The summed E-state index contributed by atoms with van der Waals surface area (Å²) in [6.07, 6.45) is 1.62. The van der Waals surface area contributed by atoms with Crippen molar-refractivity contribution in [2.45, 2.75) is 13.8 Å². The van der Waals surface area contributed by atoms with Crippen LogP contribution in [0.3, 0.4) is 0 Å². The minimum absolute atomic E-state index is 0.304. The second-order valence-electron chi connectivity index (χ2n) is 6.00. The van der Waals surface area contributed by atoms with Crippen molar-refractivity contribution in [1.29, 1.82) is 5.26 Å². The number of hydrogen-bond acceptors (Lipinski definition) is 4. The van der Waals surface area contributed by atoms with E-state index >= 15 is 0 Å². The van der Waals surface area contributed by atoms with Crippen LogP contribution in [-0.2, 0) is 0 Å². The van der Waals surface area contributed by atoms with Crippen LogP contribution in [0.4, 0.5) is 17.1 Å². The number of aromatic nitrogens is 1. The molecule has 5 nitrogen and oxygen atoms in total. The summed E-state index contributed by atoms with van der Waals surface area (Å²) in [5.74, 6) is -0.321. The molecule has 1 aromatic heterocycles. The summed E-state index contributed by atoms with van der Waals surface area (Å²) in [5.41, 5.74) is 5.58. The topological polar surface area (TPSA) is 77.8 Å². The monoisotopic (exact) mass is 342 g/mol. The molecule has 0 spiro atoms. The van der Waals surface area contributed by atoms with Gasteiger partial charge in [0.1, 0.15) is 5.69 Å². The lowest BCUT2D eigenvalue weighted by Crippen LogP contribution is -2.13. The maximum atomic E-state index is 12.3. The zero-order chi connectivity index (χ0) is 18.5. The van der Waals surface area contributed by atoms with E-state index in [1.54, 1.807) is 36.5 Å². The molecule has 0 fully saturated rings. The third-order valence-corrected chi connectivity index (χ3v) is 4.04. The van der Waals surface area contributed by atoms with Crippen LogP contribution in [0.25, 0.3) is 0 Å². The van der Waals surface area contributed by atoms with E-state index < -0.39 is 0 Å². The van der Waals surface area contributed by atoms with Crippen LogP contribution in [0.5, 0.6) is 0 Å². The third kappa shape index (κ3) is 4.05. The number of benzene rings is 2. The molecule has 1 heterocycles. The SMILES string of the molecule is Cc1ccc(Nc2ccc(C(=O)Nc3cccc(C#N)c3)nc2)cc1C. The normalized spacial score (nSPS) is 10.0. The summed E-state index contributed by atoms with van der Waals surface area (Å²) in [7, 11) is 0. The van der Waals surface area contributed by atoms with Crippen LogP contribution in [0.15, 0.2) is 60.8 Å². The first kappa shape index (κ1) is 17.2. The van der Waals surface area contributed by atoms with Gasteiger partial charge in [-0.05, 0) is 67.4 Å². The van der Waals surface area contributed by atoms with Gasteiger partial charge in [0.25, 0.3) is 5.91 Å². The molecule has 0 aliphatic heterocycles. The summed E-state index contributed by atoms with van der Waals surface area (Å²) in [6.45, 7) is 4.13. The number of carbonyl (C=O) groups excluding carboxylic acids is 1. The molecule has 0 aliphatic rings. The molecule has 0 aliphatic carbocycles. The standard InChI is InChI=1S/C21H18N4O/c1-14-6-7-18(10-15(14)2)24-19-8-9-20(23-13-19)21(26)25-17-5-3-4-16(11-17)12-22/h3-11,13,24H,1-2H3,(H,25,26). The third-order valence-electron chi connectivity index (χ3n) is 4.04. The summed E-state index contributed by atoms with van der Waals surface area (Å²) >= 11 is 0. The van der Waals surface area contributed by atoms with Gasteiger partial charge in [-0.2, -0.15) is 5.26 Å². The molecular weight excluding hydrogens is 324 g/mol. The Hall–Kier alpha value is -3.65. The Morgan fingerprint density at radius 2 is 1.77 bits per heavy atom. The van der Waals surface area contributed by atoms with Crippen molar-refractivity contribution >= 4 is 23.0 Å². The smallest absolute Gasteiger partial charge is 0.274 e. The van der Waals surface area contributed by atoms with Crippen molar-refractivity contribution in [3.8, 4) is 6.07 Å². The van der Waals surface area contributed by atoms with E-state index in [0.29, 0.717) is 16.9 Å². The molecule has 0 saturated carbocycles. The van der Waals surface area contributed by atoms with Gasteiger partial charge in [0.05, 0.1) is 23.5 Å². The minimum Gasteiger partial charge on any atom is -0.354 e. The number of nitrogens with zero attached hydrogens (tertiary/aromatic N) is 2. The Morgan fingerprint density at radius 1 is 0.962 bits per heavy atom. The fourth-order valence-corrected chi connectivity index (χ4v) is 2.45. The first-order valence-electron chi connectivity index (χ1n) is 8.17. The van der Waals surface area contributed by atoms with E-state index in [1.165, 1.54) is 11.1 Å². The molecule has 2 N–H and O–H groups in total. The summed E-state index contributed by atoms with van der Waals surface area (Å²) in [5, 5.41) is 14.9. The van der Waals surface area contributed by atoms with E-state index in [9.17, 15) is 4.79 Å². The minimum atomic E-state index is -0.321. The van der Waals surface area contributed by atoms with Gasteiger partial charge in [0.15, 0.2) is 0 Å². The van der Waals surface area contributed by atoms with E-state index in [-0.39, 0.29) is 5.91 Å². The van der Waals surface area contributed by atoms with Crippen LogP contribution in [0.2, 0.25) is 0 Å². The molecule has 0 atom stereocenters. The predicted molar refractivity (Wildman–Crippen MR) is 103 cm³/mol. The van der Waals surface area contributed by atoms with Gasteiger partial charge in [-0.25, -0.2) is 4.98 Å². The van der Waals surface area contributed by atoms with Gasteiger partial charge in [0, 0.05) is 11.4 Å². The van der Waals surface area contributed by atoms with Gasteiger partial charge in [-0.1, -0.05) is 12.1 Å². The van der Waals surface area contributed by atoms with E-state index in [2.05, 4.69) is 41.6 Å². The first-order valence-corrected chi connectivity index (χ1v) is 8.17. The number of rotatable bonds is 4. The van der Waals surface area contributed by atoms with Crippen LogP contribution in [-0.4, -0.2) is 10.9 Å². The van der Waals surface area contributed by atoms with Crippen LogP contribution < -0.4 is 10.6 Å². The van der Waals surface area contributed by atoms with Crippen LogP contribution in [0.1, 0.15) is 27.2 Å². The summed E-state index contributed by atoms with van der Waals surface area (Å²) in [6, 6.07) is 18.4. The molecule has 5 heteroatoms. The number of hydrogen-bond donors (Lipinski definition) is 2. The summed E-state index contributed by atoms with van der Waals surface area (Å²) < 4.78 is 0. The lowest BCUT2D eigenvalue weighted by molar-refractivity contribution is 0.102. The number of nitrogens with one attached hydrogen (secondary N) is 2. The zero-order valence-corrected chi connectivity index (χ0v) is 14.6. The highest BCUT2D eigenvalue weighted by molar-refractivity contribution is 6.03. The molecule has 0 bridgehead atoms. The lowest BCUT2D eigenvalue weighted by Gasteiger charge is -2.09. The van der Waals surface area contributed by atoms with Crippen LogP contribution >= 0.6 is 0 Å². The first-order chi connectivity index (χ1) is 12.5. The van der Waals surface area contributed by atoms with Crippen molar-refractivity contribution in [1.82, 2.24) is 4.98 Å². The molecule has 0 saturated heterocycles. The van der Waals surface area contributed by atoms with Crippen molar-refractivity contribution in [2.75, 3.05) is 10.6 Å². The fourth-order valence-electron chi connectivity index (χ4n) is 2.45. The lowest BCUT2D eigenvalue weighted by atomic mass is 10.1. The molecule has 3 rings (SSSR count). The van der Waals surface area contributed by atoms with Gasteiger partial charge >= 0.3 is 0 Å². The average Bonchev–Trinajstić information content (AvgIpc) is 2.65. The number of nitriles is 1. The largest absolute Gasteiger partial charge is 0.354 e. The fraction of sp³-hybridized carbons (Fsp3) is 0.0952. The summed E-state index contributed by atoms with van der Waals surface area (Å²) in [4.78, 5) is 16.5. The highest BCUT2D eigenvalue weighted by atomic mass is 16.1. The predicted octanol–water partition coefficient (Wildman–Crippen LogP) is 4.57. The number of carbonyl (C=O) groups is 1. The molecule has 26 heavy (non-hydrogen) atoms. The molecular formula is C21H18N4O. The van der Waals surface area contributed by atoms with Gasteiger partial charge < -0.3 is 10.6 Å². The van der Waals surface area contributed by atoms with E-state index in [1.807, 2.05) is 18.2 Å². The van der Waals surface area contributed by atoms with Crippen molar-refractivity contribution in [3.05, 3.63) is 83.2 Å². The maximum Gasteiger partial charge on any atom is 0.274 e. The molecule has 0 radical (unpaired) electrons. The average molecular weight is 342 g/mol. The second-order valence-corrected chi connectivity index (χ2v) is 6.00. The number of amides is 1. The molecule has 1 amide bonds. The Kier molecular flexibility index (Phi) is 4.95. The van der Waals surface area contributed by atoms with Gasteiger partial charge in [0.2, 0.25) is 0 Å². The van der Waals surface area contributed by atoms with E-state index in [4.69, 9.17) is 5.26 Å². The molecule has 128 valence electrons. The Bertz CT molecular complexity index is 988. The zero-order valence-electron chi connectivity index (χ0n) is 14.6. The van der Waals surface area contributed by atoms with Crippen molar-refractivity contribution in [2.24, 2.45) is 0 Å².